The molecule has 0 aliphatic rings. The quantitative estimate of drug-likeness (QED) is 0.671. The zero-order valence-electron chi connectivity index (χ0n) is 9.92. The number of hydrogen-bond donors (Lipinski definition) is 1. The molecule has 0 bridgehead atoms. The van der Waals surface area contributed by atoms with Crippen LogP contribution in [0, 0.1) is 5.82 Å². The Bertz CT molecular complexity index is 542. The highest BCUT2D eigenvalue weighted by Crippen LogP contribution is 2.48. The smallest absolute Gasteiger partial charge is 0.421 e. The second-order valence-electron chi connectivity index (χ2n) is 3.73. The molecule has 1 unspecified atom stereocenters. The Kier molecular flexibility index (Phi) is 4.46. The molecule has 1 aromatic rings. The maximum absolute atomic E-state index is 13.6. The molecule has 1 N–H and O–H groups in total. The van der Waals surface area contributed by atoms with Crippen molar-refractivity contribution in [1.29, 1.82) is 0 Å². The van der Waals surface area contributed by atoms with Gasteiger partial charge in [-0.15, -0.1) is 0 Å². The molecule has 1 aromatic carbocycles. The normalized spacial score (nSPS) is 15.8. The van der Waals surface area contributed by atoms with Gasteiger partial charge in [0, 0.05) is 0 Å². The van der Waals surface area contributed by atoms with Crippen molar-refractivity contribution < 1.29 is 40.3 Å². The summed E-state index contributed by atoms with van der Waals surface area (Å²) in [6.45, 7) is 1.20. The summed E-state index contributed by atoms with van der Waals surface area (Å²) >= 11 is 0. The summed E-state index contributed by atoms with van der Waals surface area (Å²) < 4.78 is 91.8. The van der Waals surface area contributed by atoms with Crippen LogP contribution < -0.4 is 4.52 Å². The molecule has 0 saturated heterocycles. The fraction of sp³-hybridized carbons (Fsp3) is 0.400. The Morgan fingerprint density at radius 3 is 2.25 bits per heavy atom. The van der Waals surface area contributed by atoms with Crippen molar-refractivity contribution in [3.63, 3.8) is 0 Å². The number of alkyl halides is 5. The van der Waals surface area contributed by atoms with Gasteiger partial charge in [-0.3, -0.25) is 0 Å². The standard InChI is InChI=1S/C10H9F6O3P/c1-2-20(17,18)19-7-5-3-4-6(8(7)11)9(12,13)10(14,15)16/h3-5H,2H2,1H3,(H,17,18). The zero-order chi connectivity index (χ0) is 15.8. The van der Waals surface area contributed by atoms with Crippen LogP contribution in [-0.4, -0.2) is 17.2 Å². The number of hydrogen-bond acceptors (Lipinski definition) is 2. The summed E-state index contributed by atoms with van der Waals surface area (Å²) in [4.78, 5) is 9.11. The van der Waals surface area contributed by atoms with Gasteiger partial charge in [0.25, 0.3) is 0 Å². The van der Waals surface area contributed by atoms with Crippen molar-refractivity contribution in [2.45, 2.75) is 19.0 Å². The van der Waals surface area contributed by atoms with Gasteiger partial charge in [-0.1, -0.05) is 13.0 Å². The fourth-order valence-corrected chi connectivity index (χ4v) is 1.77. The average Bonchev–Trinajstić information content (AvgIpc) is 2.30. The Morgan fingerprint density at radius 2 is 1.80 bits per heavy atom. The van der Waals surface area contributed by atoms with Crippen LogP contribution in [0.15, 0.2) is 18.2 Å². The first-order valence-electron chi connectivity index (χ1n) is 5.17. The predicted molar refractivity (Wildman–Crippen MR) is 57.3 cm³/mol. The van der Waals surface area contributed by atoms with Crippen LogP contribution in [0.5, 0.6) is 5.75 Å². The molecule has 0 aromatic heterocycles. The van der Waals surface area contributed by atoms with Gasteiger partial charge in [0.05, 0.1) is 11.7 Å². The SMILES string of the molecule is CCP(=O)(O)Oc1cccc(C(F)(F)C(F)(F)F)c1F. The molecule has 0 radical (unpaired) electrons. The Morgan fingerprint density at radius 1 is 1.25 bits per heavy atom. The van der Waals surface area contributed by atoms with E-state index in [0.29, 0.717) is 12.1 Å². The van der Waals surface area contributed by atoms with E-state index >= 15 is 0 Å². The van der Waals surface area contributed by atoms with Crippen LogP contribution in [-0.2, 0) is 10.5 Å². The lowest BCUT2D eigenvalue weighted by Gasteiger charge is -2.21. The van der Waals surface area contributed by atoms with Crippen molar-refractivity contribution in [1.82, 2.24) is 0 Å². The van der Waals surface area contributed by atoms with Crippen LogP contribution in [0.25, 0.3) is 0 Å². The van der Waals surface area contributed by atoms with Crippen molar-refractivity contribution in [2.75, 3.05) is 6.16 Å². The Labute approximate surface area is 109 Å². The van der Waals surface area contributed by atoms with E-state index in [4.69, 9.17) is 4.89 Å². The lowest BCUT2D eigenvalue weighted by Crippen LogP contribution is -2.34. The van der Waals surface area contributed by atoms with Gasteiger partial charge in [0.15, 0.2) is 11.6 Å². The third-order valence-electron chi connectivity index (χ3n) is 2.30. The highest BCUT2D eigenvalue weighted by atomic mass is 31.2. The number of rotatable bonds is 4. The minimum atomic E-state index is -6.00. The lowest BCUT2D eigenvalue weighted by molar-refractivity contribution is -0.290. The summed E-state index contributed by atoms with van der Waals surface area (Å²) in [6, 6.07) is 1.58. The minimum Gasteiger partial charge on any atom is -0.421 e. The van der Waals surface area contributed by atoms with Gasteiger partial charge in [-0.25, -0.2) is 8.96 Å². The van der Waals surface area contributed by atoms with E-state index in [0.717, 1.165) is 0 Å². The molecule has 0 fully saturated rings. The highest BCUT2D eigenvalue weighted by Gasteiger charge is 2.60. The maximum atomic E-state index is 13.6. The summed E-state index contributed by atoms with van der Waals surface area (Å²) in [5.41, 5.74) is -1.97. The predicted octanol–water partition coefficient (Wildman–Crippen LogP) is 4.06. The van der Waals surface area contributed by atoms with Crippen LogP contribution in [0.4, 0.5) is 26.3 Å². The van der Waals surface area contributed by atoms with E-state index in [1.165, 1.54) is 6.92 Å². The Hall–Kier alpha value is -1.21. The van der Waals surface area contributed by atoms with E-state index in [9.17, 15) is 30.9 Å². The van der Waals surface area contributed by atoms with Gasteiger partial charge in [-0.2, -0.15) is 22.0 Å². The van der Waals surface area contributed by atoms with Gasteiger partial charge < -0.3 is 9.42 Å². The number of benzene rings is 1. The van der Waals surface area contributed by atoms with E-state index in [2.05, 4.69) is 4.52 Å². The van der Waals surface area contributed by atoms with Gasteiger partial charge in [0.2, 0.25) is 0 Å². The first-order chi connectivity index (χ1) is 8.92. The average molecular weight is 322 g/mol. The fourth-order valence-electron chi connectivity index (χ4n) is 1.19. The summed E-state index contributed by atoms with van der Waals surface area (Å²) in [6.07, 6.45) is -6.47. The first kappa shape index (κ1) is 16.8. The molecule has 3 nitrogen and oxygen atoms in total. The van der Waals surface area contributed by atoms with Gasteiger partial charge in [0.1, 0.15) is 0 Å². The molecule has 10 heteroatoms. The molecule has 1 rings (SSSR count). The molecule has 20 heavy (non-hydrogen) atoms. The summed E-state index contributed by atoms with van der Waals surface area (Å²) in [5.74, 6) is -8.61. The van der Waals surface area contributed by atoms with Crippen molar-refractivity contribution in [2.24, 2.45) is 0 Å². The first-order valence-corrected chi connectivity index (χ1v) is 6.93. The van der Waals surface area contributed by atoms with E-state index in [1.54, 1.807) is 0 Å². The highest BCUT2D eigenvalue weighted by molar-refractivity contribution is 7.53. The summed E-state index contributed by atoms with van der Waals surface area (Å²) in [5, 5.41) is 0. The molecule has 0 aliphatic carbocycles. The minimum absolute atomic E-state index is 0.226. The maximum Gasteiger partial charge on any atom is 0.458 e. The van der Waals surface area contributed by atoms with Crippen LogP contribution >= 0.6 is 7.60 Å². The second-order valence-corrected chi connectivity index (χ2v) is 5.82. The molecular weight excluding hydrogens is 313 g/mol. The Balaban J connectivity index is 3.31. The molecule has 0 spiro atoms. The van der Waals surface area contributed by atoms with Crippen molar-refractivity contribution >= 4 is 7.60 Å². The molecule has 114 valence electrons. The second kappa shape index (κ2) is 5.29. The molecule has 0 amide bonds. The van der Waals surface area contributed by atoms with Crippen LogP contribution in [0.2, 0.25) is 0 Å². The lowest BCUT2D eigenvalue weighted by atomic mass is 10.1. The molecule has 1 atom stereocenters. The topological polar surface area (TPSA) is 46.5 Å². The molecular formula is C10H9F6O3P. The largest absolute Gasteiger partial charge is 0.458 e. The van der Waals surface area contributed by atoms with Gasteiger partial charge >= 0.3 is 19.7 Å². The molecule has 0 aliphatic heterocycles. The monoisotopic (exact) mass is 322 g/mol. The molecule has 0 heterocycles. The van der Waals surface area contributed by atoms with E-state index in [-0.39, 0.29) is 6.07 Å². The third-order valence-corrected chi connectivity index (χ3v) is 3.58. The molecule has 0 saturated carbocycles. The van der Waals surface area contributed by atoms with Crippen molar-refractivity contribution in [3.05, 3.63) is 29.6 Å². The van der Waals surface area contributed by atoms with Crippen LogP contribution in [0.3, 0.4) is 0 Å². The van der Waals surface area contributed by atoms with E-state index < -0.39 is 43.0 Å². The van der Waals surface area contributed by atoms with Crippen molar-refractivity contribution in [3.8, 4) is 5.75 Å². The third kappa shape index (κ3) is 3.27. The van der Waals surface area contributed by atoms with E-state index in [1.807, 2.05) is 0 Å². The number of halogens is 6. The summed E-state index contributed by atoms with van der Waals surface area (Å²) in [7, 11) is -4.30. The van der Waals surface area contributed by atoms with Crippen LogP contribution in [0.1, 0.15) is 12.5 Å². The zero-order valence-corrected chi connectivity index (χ0v) is 10.8. The van der Waals surface area contributed by atoms with Gasteiger partial charge in [-0.05, 0) is 12.1 Å².